The van der Waals surface area contributed by atoms with Gasteiger partial charge < -0.3 is 20.4 Å². The van der Waals surface area contributed by atoms with Gasteiger partial charge in [0.25, 0.3) is 5.91 Å². The zero-order valence-corrected chi connectivity index (χ0v) is 19.8. The number of halogens is 2. The Hall–Kier alpha value is -2.17. The summed E-state index contributed by atoms with van der Waals surface area (Å²) >= 11 is 0. The Morgan fingerprint density at radius 3 is 2.48 bits per heavy atom. The minimum Gasteiger partial charge on any atom is -0.443 e. The first-order valence-electron chi connectivity index (χ1n) is 9.14. The van der Waals surface area contributed by atoms with Crippen LogP contribution in [-0.2, 0) is 12.0 Å². The second kappa shape index (κ2) is 11.1. The third-order valence-corrected chi connectivity index (χ3v) is 4.06. The van der Waals surface area contributed by atoms with E-state index in [1.165, 1.54) is 6.07 Å². The zero-order valence-electron chi connectivity index (χ0n) is 17.4. The number of carbonyl (C=O) groups is 1. The normalized spacial score (nSPS) is 11.6. The number of hydrogen-bond acceptors (Lipinski definition) is 4. The molecule has 2 aromatic rings. The zero-order chi connectivity index (χ0) is 20.7. The fourth-order valence-electron chi connectivity index (χ4n) is 2.31. The van der Waals surface area contributed by atoms with Crippen molar-refractivity contribution in [1.29, 1.82) is 0 Å². The van der Waals surface area contributed by atoms with E-state index in [-0.39, 0.29) is 35.3 Å². The van der Waals surface area contributed by atoms with Crippen LogP contribution in [0.4, 0.5) is 4.39 Å². The van der Waals surface area contributed by atoms with Crippen molar-refractivity contribution in [2.45, 2.75) is 39.7 Å². The number of hydrogen-bond donors (Lipinski definition) is 3. The third kappa shape index (κ3) is 7.64. The Morgan fingerprint density at radius 2 is 1.90 bits per heavy atom. The van der Waals surface area contributed by atoms with Crippen LogP contribution in [-0.4, -0.2) is 37.0 Å². The number of carbonyl (C=O) groups excluding carboxylic acids is 1. The molecule has 0 fully saturated rings. The van der Waals surface area contributed by atoms with Crippen molar-refractivity contribution >= 4 is 35.8 Å². The van der Waals surface area contributed by atoms with Gasteiger partial charge in [0.05, 0.1) is 12.7 Å². The molecule has 0 spiro atoms. The van der Waals surface area contributed by atoms with Gasteiger partial charge >= 0.3 is 0 Å². The first kappa shape index (κ1) is 24.9. The predicted octanol–water partition coefficient (Wildman–Crippen LogP) is 3.13. The number of rotatable bonds is 6. The smallest absolute Gasteiger partial charge is 0.251 e. The average molecular weight is 517 g/mol. The summed E-state index contributed by atoms with van der Waals surface area (Å²) in [6.07, 6.45) is 1.73. The number of benzene rings is 1. The van der Waals surface area contributed by atoms with Crippen LogP contribution >= 0.6 is 24.0 Å². The van der Waals surface area contributed by atoms with Crippen LogP contribution in [0.5, 0.6) is 0 Å². The molecule has 0 radical (unpaired) electrons. The Bertz CT molecular complexity index is 846. The highest BCUT2D eigenvalue weighted by molar-refractivity contribution is 14.0. The maximum Gasteiger partial charge on any atom is 0.251 e. The molecule has 3 N–H and O–H groups in total. The summed E-state index contributed by atoms with van der Waals surface area (Å²) in [5, 5.41) is 8.93. The molecule has 1 aromatic carbocycles. The topological polar surface area (TPSA) is 91.5 Å². The quantitative estimate of drug-likeness (QED) is 0.237. The van der Waals surface area contributed by atoms with Gasteiger partial charge in [0.15, 0.2) is 5.96 Å². The fourth-order valence-corrected chi connectivity index (χ4v) is 2.31. The minimum atomic E-state index is -0.392. The molecule has 9 heteroatoms. The van der Waals surface area contributed by atoms with Crippen LogP contribution < -0.4 is 16.0 Å². The van der Waals surface area contributed by atoms with Gasteiger partial charge in [-0.3, -0.25) is 9.79 Å². The Morgan fingerprint density at radius 1 is 1.21 bits per heavy atom. The molecular formula is C20H29FIN5O2. The van der Waals surface area contributed by atoms with E-state index in [2.05, 4.69) is 46.7 Å². The number of aryl methyl sites for hydroxylation is 1. The molecule has 29 heavy (non-hydrogen) atoms. The summed E-state index contributed by atoms with van der Waals surface area (Å²) in [7, 11) is 1.65. The third-order valence-electron chi connectivity index (χ3n) is 4.06. The second-order valence-corrected chi connectivity index (χ2v) is 7.44. The molecule has 2 rings (SSSR count). The summed E-state index contributed by atoms with van der Waals surface area (Å²) in [6.45, 7) is 9.05. The van der Waals surface area contributed by atoms with E-state index in [4.69, 9.17) is 4.42 Å². The maximum atomic E-state index is 13.5. The number of nitrogens with one attached hydrogen (secondary N) is 3. The van der Waals surface area contributed by atoms with E-state index in [0.29, 0.717) is 42.6 Å². The molecule has 0 atom stereocenters. The fraction of sp³-hybridized carbons (Fsp3) is 0.450. The molecule has 0 saturated heterocycles. The first-order valence-corrected chi connectivity index (χ1v) is 9.14. The van der Waals surface area contributed by atoms with Gasteiger partial charge in [-0.2, -0.15) is 0 Å². The van der Waals surface area contributed by atoms with Crippen LogP contribution in [0, 0.1) is 12.7 Å². The van der Waals surface area contributed by atoms with Crippen molar-refractivity contribution in [2.75, 3.05) is 20.1 Å². The van der Waals surface area contributed by atoms with Gasteiger partial charge in [0.2, 0.25) is 5.89 Å². The Labute approximate surface area is 188 Å². The van der Waals surface area contributed by atoms with E-state index in [1.54, 1.807) is 32.3 Å². The van der Waals surface area contributed by atoms with Crippen molar-refractivity contribution in [2.24, 2.45) is 4.99 Å². The van der Waals surface area contributed by atoms with Gasteiger partial charge in [-0.1, -0.05) is 26.8 Å². The molecule has 160 valence electrons. The van der Waals surface area contributed by atoms with Crippen molar-refractivity contribution in [3.63, 3.8) is 0 Å². The largest absolute Gasteiger partial charge is 0.443 e. The lowest BCUT2D eigenvalue weighted by molar-refractivity contribution is 0.0954. The number of guanidine groups is 1. The van der Waals surface area contributed by atoms with Gasteiger partial charge in [-0.15, -0.1) is 24.0 Å². The summed E-state index contributed by atoms with van der Waals surface area (Å²) in [6, 6.07) is 4.42. The van der Waals surface area contributed by atoms with E-state index < -0.39 is 5.82 Å². The van der Waals surface area contributed by atoms with Gasteiger partial charge in [0, 0.05) is 31.1 Å². The number of nitrogens with zero attached hydrogens (tertiary/aromatic N) is 2. The SMILES string of the molecule is CN=C(NCCNC(=O)c1ccc(C)c(F)c1)NCc1ncc(C(C)(C)C)o1.I. The van der Waals surface area contributed by atoms with Gasteiger partial charge in [-0.05, 0) is 24.6 Å². The highest BCUT2D eigenvalue weighted by Crippen LogP contribution is 2.22. The van der Waals surface area contributed by atoms with Gasteiger partial charge in [-0.25, -0.2) is 9.37 Å². The number of oxazole rings is 1. The maximum absolute atomic E-state index is 13.5. The van der Waals surface area contributed by atoms with Crippen LogP contribution in [0.2, 0.25) is 0 Å². The average Bonchev–Trinajstić information content (AvgIpc) is 3.12. The molecule has 0 aliphatic carbocycles. The second-order valence-electron chi connectivity index (χ2n) is 7.44. The lowest BCUT2D eigenvalue weighted by atomic mass is 9.94. The van der Waals surface area contributed by atoms with Crippen LogP contribution in [0.15, 0.2) is 33.8 Å². The van der Waals surface area contributed by atoms with Crippen LogP contribution in [0.25, 0.3) is 0 Å². The van der Waals surface area contributed by atoms with E-state index in [0.717, 1.165) is 5.76 Å². The number of aliphatic imine (C=N–C) groups is 1. The first-order chi connectivity index (χ1) is 13.2. The molecule has 0 unspecified atom stereocenters. The van der Waals surface area contributed by atoms with Crippen LogP contribution in [0.3, 0.4) is 0 Å². The molecule has 0 saturated carbocycles. The molecule has 0 bridgehead atoms. The van der Waals surface area contributed by atoms with Crippen LogP contribution in [0.1, 0.15) is 48.3 Å². The highest BCUT2D eigenvalue weighted by atomic mass is 127. The molecule has 1 aromatic heterocycles. The molecular weight excluding hydrogens is 488 g/mol. The minimum absolute atomic E-state index is 0. The monoisotopic (exact) mass is 517 g/mol. The predicted molar refractivity (Wildman–Crippen MR) is 122 cm³/mol. The summed E-state index contributed by atoms with van der Waals surface area (Å²) in [4.78, 5) is 20.4. The standard InChI is InChI=1S/C20H28FN5O2.HI/c1-13-6-7-14(10-15(13)21)18(27)23-8-9-24-19(22-5)26-12-17-25-11-16(28-17)20(2,3)4;/h6-7,10-11H,8-9,12H2,1-5H3,(H,23,27)(H2,22,24,26);1H. The van der Waals surface area contributed by atoms with E-state index >= 15 is 0 Å². The number of amides is 1. The molecule has 1 heterocycles. The van der Waals surface area contributed by atoms with E-state index in [1.807, 2.05) is 0 Å². The Kier molecular flexibility index (Phi) is 9.54. The summed E-state index contributed by atoms with van der Waals surface area (Å²) < 4.78 is 19.3. The highest BCUT2D eigenvalue weighted by Gasteiger charge is 2.19. The van der Waals surface area contributed by atoms with Crippen molar-refractivity contribution in [3.8, 4) is 0 Å². The van der Waals surface area contributed by atoms with E-state index in [9.17, 15) is 9.18 Å². The molecule has 0 aliphatic heterocycles. The Balaban J connectivity index is 0.00000420. The van der Waals surface area contributed by atoms with Gasteiger partial charge in [0.1, 0.15) is 11.6 Å². The summed E-state index contributed by atoms with van der Waals surface area (Å²) in [5.74, 6) is 1.24. The van der Waals surface area contributed by atoms with Crippen molar-refractivity contribution in [3.05, 3.63) is 53.0 Å². The lowest BCUT2D eigenvalue weighted by Crippen LogP contribution is -2.41. The molecule has 7 nitrogen and oxygen atoms in total. The lowest BCUT2D eigenvalue weighted by Gasteiger charge is -2.13. The summed E-state index contributed by atoms with van der Waals surface area (Å²) in [5.41, 5.74) is 0.710. The number of aromatic nitrogens is 1. The molecule has 1 amide bonds. The molecule has 0 aliphatic rings. The van der Waals surface area contributed by atoms with Crippen molar-refractivity contribution < 1.29 is 13.6 Å². The van der Waals surface area contributed by atoms with Crippen molar-refractivity contribution in [1.82, 2.24) is 20.9 Å².